The molecule has 0 spiro atoms. The first-order valence-corrected chi connectivity index (χ1v) is 4.16. The molecule has 0 amide bonds. The van der Waals surface area contributed by atoms with Crippen LogP contribution >= 0.6 is 0 Å². The molecule has 2 aromatic rings. The molecule has 0 aliphatic carbocycles. The number of aromatic amines is 2. The number of hydrogen-bond acceptors (Lipinski definition) is 3. The number of fused-ring (bicyclic) bond motifs is 1. The fourth-order valence-corrected chi connectivity index (χ4v) is 1.35. The highest BCUT2D eigenvalue weighted by Crippen LogP contribution is 2.06. The van der Waals surface area contributed by atoms with Gasteiger partial charge in [0.25, 0.3) is 11.1 Å². The molecule has 0 radical (unpaired) electrons. The van der Waals surface area contributed by atoms with Gasteiger partial charge in [-0.25, -0.2) is 0 Å². The first-order valence-electron chi connectivity index (χ1n) is 4.16. The van der Waals surface area contributed by atoms with Gasteiger partial charge in [-0.2, -0.15) is 0 Å². The molecule has 0 fully saturated rings. The number of nitrogens with one attached hydrogen (secondary N) is 2. The zero-order valence-electron chi connectivity index (χ0n) is 7.33. The van der Waals surface area contributed by atoms with Crippen LogP contribution in [0.15, 0.2) is 27.8 Å². The topological polar surface area (TPSA) is 91.7 Å². The van der Waals surface area contributed by atoms with E-state index >= 15 is 0 Å². The molecule has 5 heteroatoms. The fraction of sp³-hybridized carbons (Fsp3) is 0.111. The number of rotatable bonds is 1. The van der Waals surface area contributed by atoms with Gasteiger partial charge in [0, 0.05) is 6.54 Å². The van der Waals surface area contributed by atoms with Crippen molar-refractivity contribution in [1.29, 1.82) is 0 Å². The maximum absolute atomic E-state index is 11.3. The third-order valence-corrected chi connectivity index (χ3v) is 2.10. The Bertz CT molecular complexity index is 582. The predicted octanol–water partition coefficient (Wildman–Crippen LogP) is -0.325. The molecule has 0 aliphatic rings. The van der Waals surface area contributed by atoms with Crippen molar-refractivity contribution in [2.45, 2.75) is 6.54 Å². The van der Waals surface area contributed by atoms with Gasteiger partial charge in [-0.1, -0.05) is 6.07 Å². The lowest BCUT2D eigenvalue weighted by Crippen LogP contribution is -2.19. The highest BCUT2D eigenvalue weighted by Gasteiger charge is 2.02. The third-order valence-electron chi connectivity index (χ3n) is 2.10. The van der Waals surface area contributed by atoms with Crippen LogP contribution in [0.3, 0.4) is 0 Å². The van der Waals surface area contributed by atoms with Crippen LogP contribution in [0.2, 0.25) is 0 Å². The molecule has 14 heavy (non-hydrogen) atoms. The van der Waals surface area contributed by atoms with Crippen molar-refractivity contribution in [3.8, 4) is 0 Å². The van der Waals surface area contributed by atoms with Gasteiger partial charge in [0.1, 0.15) is 0 Å². The standard InChI is InChI=1S/C9H9N3O2/c10-4-5-1-2-6-7(3-5)9(14)12-11-8(6)13/h1-3H,4,10H2,(H,11,13)(H,12,14). The molecule has 1 heterocycles. The van der Waals surface area contributed by atoms with Gasteiger partial charge in [0.15, 0.2) is 0 Å². The van der Waals surface area contributed by atoms with E-state index in [1.807, 2.05) is 0 Å². The summed E-state index contributed by atoms with van der Waals surface area (Å²) in [6, 6.07) is 4.96. The lowest BCUT2D eigenvalue weighted by atomic mass is 10.1. The van der Waals surface area contributed by atoms with Crippen molar-refractivity contribution in [2.24, 2.45) is 5.73 Å². The van der Waals surface area contributed by atoms with E-state index in [-0.39, 0.29) is 11.1 Å². The van der Waals surface area contributed by atoms with Crippen molar-refractivity contribution in [2.75, 3.05) is 0 Å². The maximum Gasteiger partial charge on any atom is 0.270 e. The molecule has 0 unspecified atom stereocenters. The summed E-state index contributed by atoms with van der Waals surface area (Å²) in [7, 11) is 0. The second-order valence-electron chi connectivity index (χ2n) is 2.99. The Morgan fingerprint density at radius 3 is 2.36 bits per heavy atom. The van der Waals surface area contributed by atoms with Crippen LogP contribution in [-0.2, 0) is 6.54 Å². The van der Waals surface area contributed by atoms with E-state index in [4.69, 9.17) is 5.73 Å². The van der Waals surface area contributed by atoms with Crippen molar-refractivity contribution >= 4 is 10.8 Å². The number of H-pyrrole nitrogens is 2. The molecule has 0 aliphatic heterocycles. The Labute approximate surface area is 78.5 Å². The molecule has 5 nitrogen and oxygen atoms in total. The maximum atomic E-state index is 11.3. The van der Waals surface area contributed by atoms with E-state index in [0.717, 1.165) is 5.56 Å². The van der Waals surface area contributed by atoms with E-state index in [9.17, 15) is 9.59 Å². The normalized spacial score (nSPS) is 10.6. The largest absolute Gasteiger partial charge is 0.326 e. The molecule has 2 rings (SSSR count). The fourth-order valence-electron chi connectivity index (χ4n) is 1.35. The summed E-state index contributed by atoms with van der Waals surface area (Å²) in [6.07, 6.45) is 0. The average molecular weight is 191 g/mol. The summed E-state index contributed by atoms with van der Waals surface area (Å²) in [5.41, 5.74) is 5.65. The minimum absolute atomic E-state index is 0.303. The van der Waals surface area contributed by atoms with Crippen LogP contribution in [0.25, 0.3) is 10.8 Å². The summed E-state index contributed by atoms with van der Waals surface area (Å²) >= 11 is 0. The molecule has 0 atom stereocenters. The quantitative estimate of drug-likeness (QED) is 0.576. The smallest absolute Gasteiger partial charge is 0.270 e. The monoisotopic (exact) mass is 191 g/mol. The second kappa shape index (κ2) is 3.12. The van der Waals surface area contributed by atoms with Crippen LogP contribution < -0.4 is 16.9 Å². The summed E-state index contributed by atoms with van der Waals surface area (Å²) in [5.74, 6) is 0. The SMILES string of the molecule is NCc1ccc2c(=O)[nH][nH]c(=O)c2c1. The van der Waals surface area contributed by atoms with E-state index in [1.165, 1.54) is 0 Å². The summed E-state index contributed by atoms with van der Waals surface area (Å²) in [6.45, 7) is 0.349. The highest BCUT2D eigenvalue weighted by molar-refractivity contribution is 5.80. The van der Waals surface area contributed by atoms with Crippen LogP contribution in [0.1, 0.15) is 5.56 Å². The molecular formula is C9H9N3O2. The van der Waals surface area contributed by atoms with E-state index in [2.05, 4.69) is 10.2 Å². The zero-order chi connectivity index (χ0) is 10.1. The van der Waals surface area contributed by atoms with Gasteiger partial charge >= 0.3 is 0 Å². The lowest BCUT2D eigenvalue weighted by Gasteiger charge is -1.98. The van der Waals surface area contributed by atoms with E-state index in [1.54, 1.807) is 18.2 Å². The van der Waals surface area contributed by atoms with Crippen molar-refractivity contribution < 1.29 is 0 Å². The number of nitrogens with two attached hydrogens (primary N) is 1. The minimum atomic E-state index is -0.310. The Hall–Kier alpha value is -1.88. The molecule has 0 saturated heterocycles. The summed E-state index contributed by atoms with van der Waals surface area (Å²) in [5, 5.41) is 5.27. The Morgan fingerprint density at radius 2 is 1.71 bits per heavy atom. The van der Waals surface area contributed by atoms with Crippen molar-refractivity contribution in [3.05, 3.63) is 44.5 Å². The first kappa shape index (κ1) is 8.71. The first-order chi connectivity index (χ1) is 6.72. The van der Waals surface area contributed by atoms with Crippen LogP contribution in [-0.4, -0.2) is 10.2 Å². The molecule has 1 aromatic carbocycles. The highest BCUT2D eigenvalue weighted by atomic mass is 16.1. The van der Waals surface area contributed by atoms with E-state index in [0.29, 0.717) is 17.3 Å². The molecule has 72 valence electrons. The second-order valence-corrected chi connectivity index (χ2v) is 2.99. The average Bonchev–Trinajstić information content (AvgIpc) is 2.23. The number of benzene rings is 1. The van der Waals surface area contributed by atoms with Gasteiger partial charge in [-0.3, -0.25) is 19.8 Å². The lowest BCUT2D eigenvalue weighted by molar-refractivity contribution is 0.974. The molecule has 0 saturated carbocycles. The summed E-state index contributed by atoms with van der Waals surface area (Å²) < 4.78 is 0. The minimum Gasteiger partial charge on any atom is -0.326 e. The Balaban J connectivity index is 2.94. The molecule has 1 aromatic heterocycles. The molecular weight excluding hydrogens is 182 g/mol. The summed E-state index contributed by atoms with van der Waals surface area (Å²) in [4.78, 5) is 22.6. The van der Waals surface area contributed by atoms with Gasteiger partial charge in [0.2, 0.25) is 0 Å². The molecule has 0 bridgehead atoms. The number of hydrogen-bond donors (Lipinski definition) is 3. The van der Waals surface area contributed by atoms with Crippen LogP contribution in [0.5, 0.6) is 0 Å². The van der Waals surface area contributed by atoms with E-state index < -0.39 is 0 Å². The number of aromatic nitrogens is 2. The molecule has 4 N–H and O–H groups in total. The van der Waals surface area contributed by atoms with Gasteiger partial charge in [-0.05, 0) is 17.7 Å². The third kappa shape index (κ3) is 1.23. The van der Waals surface area contributed by atoms with Crippen LogP contribution in [0.4, 0.5) is 0 Å². The Morgan fingerprint density at radius 1 is 1.07 bits per heavy atom. The predicted molar refractivity (Wildman–Crippen MR) is 53.1 cm³/mol. The van der Waals surface area contributed by atoms with Crippen molar-refractivity contribution in [1.82, 2.24) is 10.2 Å². The van der Waals surface area contributed by atoms with Crippen LogP contribution in [0, 0.1) is 0 Å². The Kier molecular flexibility index (Phi) is 1.94. The van der Waals surface area contributed by atoms with Gasteiger partial charge < -0.3 is 5.73 Å². The zero-order valence-corrected chi connectivity index (χ0v) is 7.33. The van der Waals surface area contributed by atoms with Crippen molar-refractivity contribution in [3.63, 3.8) is 0 Å². The van der Waals surface area contributed by atoms with Gasteiger partial charge in [0.05, 0.1) is 10.8 Å². The van der Waals surface area contributed by atoms with Gasteiger partial charge in [-0.15, -0.1) is 0 Å².